The van der Waals surface area contributed by atoms with E-state index < -0.39 is 23.0 Å². The number of halogens is 2. The first-order chi connectivity index (χ1) is 9.44. The molecule has 110 valence electrons. The van der Waals surface area contributed by atoms with Crippen LogP contribution in [0.15, 0.2) is 10.5 Å². The molecular formula is C14H16BrFO4. The number of methoxy groups -OCH3 is 1. The van der Waals surface area contributed by atoms with Gasteiger partial charge in [-0.25, -0.2) is 4.39 Å². The maximum atomic E-state index is 14.4. The molecule has 0 amide bonds. The number of carboxylic acids is 1. The van der Waals surface area contributed by atoms with E-state index in [1.807, 2.05) is 0 Å². The van der Waals surface area contributed by atoms with Gasteiger partial charge in [-0.1, -0.05) is 19.3 Å². The van der Waals surface area contributed by atoms with Crippen LogP contribution >= 0.6 is 15.9 Å². The van der Waals surface area contributed by atoms with Crippen molar-refractivity contribution in [1.82, 2.24) is 0 Å². The van der Waals surface area contributed by atoms with Crippen LogP contribution < -0.4 is 4.74 Å². The molecule has 20 heavy (non-hydrogen) atoms. The minimum Gasteiger partial charge on any atom is -0.504 e. The van der Waals surface area contributed by atoms with E-state index in [0.29, 0.717) is 25.7 Å². The van der Waals surface area contributed by atoms with Crippen molar-refractivity contribution in [2.24, 2.45) is 0 Å². The third-order valence-corrected chi connectivity index (χ3v) is 4.55. The Morgan fingerprint density at radius 3 is 2.50 bits per heavy atom. The normalized spacial score (nSPS) is 17.8. The highest BCUT2D eigenvalue weighted by Crippen LogP contribution is 2.49. The van der Waals surface area contributed by atoms with Gasteiger partial charge in [-0.3, -0.25) is 4.79 Å². The van der Waals surface area contributed by atoms with Crippen molar-refractivity contribution in [2.75, 3.05) is 7.11 Å². The zero-order chi connectivity index (χ0) is 14.9. The third-order valence-electron chi connectivity index (χ3n) is 3.97. The number of benzene rings is 1. The second-order valence-electron chi connectivity index (χ2n) is 5.05. The van der Waals surface area contributed by atoms with E-state index >= 15 is 0 Å². The van der Waals surface area contributed by atoms with Crippen LogP contribution in [-0.4, -0.2) is 23.3 Å². The predicted octanol–water partition coefficient (Wildman–Crippen LogP) is 3.59. The van der Waals surface area contributed by atoms with Gasteiger partial charge in [0.15, 0.2) is 11.5 Å². The average Bonchev–Trinajstić information content (AvgIpc) is 2.44. The molecule has 1 saturated carbocycles. The Balaban J connectivity index is 2.70. The van der Waals surface area contributed by atoms with E-state index in [4.69, 9.17) is 4.74 Å². The van der Waals surface area contributed by atoms with E-state index in [-0.39, 0.29) is 15.8 Å². The fourth-order valence-corrected chi connectivity index (χ4v) is 3.32. The summed E-state index contributed by atoms with van der Waals surface area (Å²) in [6.45, 7) is 0. The fourth-order valence-electron chi connectivity index (χ4n) is 2.91. The van der Waals surface area contributed by atoms with Crippen molar-refractivity contribution < 1.29 is 24.1 Å². The maximum Gasteiger partial charge on any atom is 0.314 e. The summed E-state index contributed by atoms with van der Waals surface area (Å²) < 4.78 is 19.5. The van der Waals surface area contributed by atoms with Crippen LogP contribution in [0, 0.1) is 5.82 Å². The molecule has 4 nitrogen and oxygen atoms in total. The lowest BCUT2D eigenvalue weighted by molar-refractivity contribution is -0.145. The van der Waals surface area contributed by atoms with Gasteiger partial charge in [-0.05, 0) is 28.8 Å². The van der Waals surface area contributed by atoms with E-state index in [1.165, 1.54) is 13.2 Å². The number of phenols is 1. The number of aromatic hydroxyl groups is 1. The number of hydrogen-bond acceptors (Lipinski definition) is 3. The van der Waals surface area contributed by atoms with Crippen LogP contribution in [-0.2, 0) is 10.2 Å². The largest absolute Gasteiger partial charge is 0.504 e. The summed E-state index contributed by atoms with van der Waals surface area (Å²) in [5.41, 5.74) is -1.56. The molecule has 0 atom stereocenters. The van der Waals surface area contributed by atoms with Gasteiger partial charge >= 0.3 is 5.97 Å². The van der Waals surface area contributed by atoms with E-state index in [9.17, 15) is 19.4 Å². The van der Waals surface area contributed by atoms with Crippen molar-refractivity contribution >= 4 is 21.9 Å². The van der Waals surface area contributed by atoms with Crippen LogP contribution in [0.1, 0.15) is 37.7 Å². The average molecular weight is 347 g/mol. The number of aliphatic carboxylic acids is 1. The molecule has 0 heterocycles. The zero-order valence-corrected chi connectivity index (χ0v) is 12.7. The topological polar surface area (TPSA) is 66.8 Å². The summed E-state index contributed by atoms with van der Waals surface area (Å²) in [4.78, 5) is 11.8. The van der Waals surface area contributed by atoms with Gasteiger partial charge in [0.2, 0.25) is 0 Å². The SMILES string of the molecule is COc1cc(Br)c(F)c(C2(C(=O)O)CCCCC2)c1O. The molecule has 0 aliphatic heterocycles. The number of rotatable bonds is 3. The highest BCUT2D eigenvalue weighted by atomic mass is 79.9. The molecule has 0 spiro atoms. The zero-order valence-electron chi connectivity index (χ0n) is 11.1. The fraction of sp³-hybridized carbons (Fsp3) is 0.500. The molecule has 0 radical (unpaired) electrons. The highest BCUT2D eigenvalue weighted by Gasteiger charge is 2.46. The molecule has 0 saturated heterocycles. The monoisotopic (exact) mass is 346 g/mol. The summed E-state index contributed by atoms with van der Waals surface area (Å²) in [6, 6.07) is 1.30. The number of ether oxygens (including phenoxy) is 1. The van der Waals surface area contributed by atoms with Crippen LogP contribution in [0.3, 0.4) is 0 Å². The summed E-state index contributed by atoms with van der Waals surface area (Å²) in [7, 11) is 1.34. The van der Waals surface area contributed by atoms with Crippen molar-refractivity contribution in [3.8, 4) is 11.5 Å². The Hall–Kier alpha value is -1.30. The molecule has 1 aliphatic rings. The van der Waals surface area contributed by atoms with Crippen molar-refractivity contribution in [1.29, 1.82) is 0 Å². The van der Waals surface area contributed by atoms with Gasteiger partial charge in [0.25, 0.3) is 0 Å². The summed E-state index contributed by atoms with van der Waals surface area (Å²) in [6.07, 6.45) is 2.93. The van der Waals surface area contributed by atoms with Crippen LogP contribution in [0.4, 0.5) is 4.39 Å². The number of carboxylic acid groups (broad SMARTS) is 1. The first-order valence-corrected chi connectivity index (χ1v) is 7.22. The Kier molecular flexibility index (Phi) is 4.22. The van der Waals surface area contributed by atoms with Crippen LogP contribution in [0.25, 0.3) is 0 Å². The third kappa shape index (κ3) is 2.26. The molecule has 0 unspecified atom stereocenters. The molecule has 1 fully saturated rings. The molecular weight excluding hydrogens is 331 g/mol. The van der Waals surface area contributed by atoms with Crippen LogP contribution in [0.2, 0.25) is 0 Å². The number of phenolic OH excluding ortho intramolecular Hbond substituents is 1. The quantitative estimate of drug-likeness (QED) is 0.877. The van der Waals surface area contributed by atoms with Gasteiger partial charge in [0, 0.05) is 6.07 Å². The Labute approximate surface area is 124 Å². The van der Waals surface area contributed by atoms with E-state index in [1.54, 1.807) is 0 Å². The maximum absolute atomic E-state index is 14.4. The first-order valence-electron chi connectivity index (χ1n) is 6.43. The van der Waals surface area contributed by atoms with E-state index in [0.717, 1.165) is 6.42 Å². The first kappa shape index (κ1) is 15.1. The lowest BCUT2D eigenvalue weighted by Crippen LogP contribution is -2.38. The summed E-state index contributed by atoms with van der Waals surface area (Å²) >= 11 is 3.05. The molecule has 1 aromatic rings. The molecule has 1 aromatic carbocycles. The lowest BCUT2D eigenvalue weighted by Gasteiger charge is -2.34. The molecule has 1 aliphatic carbocycles. The second-order valence-corrected chi connectivity index (χ2v) is 5.90. The second kappa shape index (κ2) is 5.60. The highest BCUT2D eigenvalue weighted by molar-refractivity contribution is 9.10. The van der Waals surface area contributed by atoms with E-state index in [2.05, 4.69) is 15.9 Å². The van der Waals surface area contributed by atoms with Crippen molar-refractivity contribution in [2.45, 2.75) is 37.5 Å². The van der Waals surface area contributed by atoms with Crippen molar-refractivity contribution in [3.05, 3.63) is 21.9 Å². The standard InChI is InChI=1S/C14H16BrFO4/c1-20-9-7-8(15)11(16)10(12(9)17)14(13(18)19)5-3-2-4-6-14/h7,17H,2-6H2,1H3,(H,18,19). The van der Waals surface area contributed by atoms with Gasteiger partial charge < -0.3 is 14.9 Å². The van der Waals surface area contributed by atoms with Crippen molar-refractivity contribution in [3.63, 3.8) is 0 Å². The summed E-state index contributed by atoms with van der Waals surface area (Å²) in [5.74, 6) is -2.18. The minimum absolute atomic E-state index is 0.0690. The summed E-state index contributed by atoms with van der Waals surface area (Å²) in [5, 5.41) is 19.8. The lowest BCUT2D eigenvalue weighted by atomic mass is 9.69. The number of carbonyl (C=O) groups is 1. The van der Waals surface area contributed by atoms with Gasteiger partial charge in [-0.15, -0.1) is 0 Å². The Morgan fingerprint density at radius 2 is 2.00 bits per heavy atom. The Bertz CT molecular complexity index is 538. The van der Waals surface area contributed by atoms with Gasteiger partial charge in [0.05, 0.1) is 22.6 Å². The van der Waals surface area contributed by atoms with Crippen LogP contribution in [0.5, 0.6) is 11.5 Å². The molecule has 6 heteroatoms. The Morgan fingerprint density at radius 1 is 1.40 bits per heavy atom. The number of hydrogen-bond donors (Lipinski definition) is 2. The predicted molar refractivity (Wildman–Crippen MR) is 74.7 cm³/mol. The minimum atomic E-state index is -1.39. The van der Waals surface area contributed by atoms with Gasteiger partial charge in [-0.2, -0.15) is 0 Å². The molecule has 2 rings (SSSR count). The molecule has 2 N–H and O–H groups in total. The van der Waals surface area contributed by atoms with Gasteiger partial charge in [0.1, 0.15) is 5.82 Å². The molecule has 0 aromatic heterocycles. The molecule has 0 bridgehead atoms. The smallest absolute Gasteiger partial charge is 0.314 e.